The maximum Gasteiger partial charge on any atom is 0.175 e. The number of carbonyl (C=O) groups excluding carboxylic acids is 1. The molecular formula is C19H23FN2OS. The minimum Gasteiger partial charge on any atom is -0.320 e. The van der Waals surface area contributed by atoms with Crippen LogP contribution < -0.4 is 0 Å². The van der Waals surface area contributed by atoms with E-state index in [2.05, 4.69) is 11.5 Å². The van der Waals surface area contributed by atoms with Gasteiger partial charge < -0.3 is 4.57 Å². The number of nitrogens with zero attached hydrogens (tertiary/aromatic N) is 2. The fourth-order valence-corrected chi connectivity index (χ4v) is 4.48. The average molecular weight is 346 g/mol. The lowest BCUT2D eigenvalue weighted by Crippen LogP contribution is -2.16. The SMILES string of the molecule is Cc1nc(S[C@H](C)C(=O)c2ccc(F)cc2)n(C2CCCC2)c1C. The number of aryl methyl sites for hydroxylation is 1. The topological polar surface area (TPSA) is 34.9 Å². The van der Waals surface area contributed by atoms with E-state index in [0.717, 1.165) is 10.9 Å². The van der Waals surface area contributed by atoms with Gasteiger partial charge >= 0.3 is 0 Å². The van der Waals surface area contributed by atoms with Crippen molar-refractivity contribution in [3.63, 3.8) is 0 Å². The molecule has 2 aromatic rings. The third-order valence-corrected chi connectivity index (χ3v) is 5.89. The van der Waals surface area contributed by atoms with Crippen LogP contribution in [0.2, 0.25) is 0 Å². The number of thioether (sulfide) groups is 1. The zero-order valence-electron chi connectivity index (χ0n) is 14.4. The molecule has 1 aromatic carbocycles. The van der Waals surface area contributed by atoms with Gasteiger partial charge in [0.25, 0.3) is 0 Å². The van der Waals surface area contributed by atoms with Gasteiger partial charge in [-0.1, -0.05) is 24.6 Å². The van der Waals surface area contributed by atoms with E-state index in [9.17, 15) is 9.18 Å². The number of Topliss-reactive ketones (excluding diaryl/α,β-unsaturated/α-hetero) is 1. The summed E-state index contributed by atoms with van der Waals surface area (Å²) in [6.07, 6.45) is 4.89. The highest BCUT2D eigenvalue weighted by molar-refractivity contribution is 8.00. The summed E-state index contributed by atoms with van der Waals surface area (Å²) in [4.78, 5) is 17.3. The quantitative estimate of drug-likeness (QED) is 0.557. The number of ketones is 1. The molecule has 128 valence electrons. The standard InChI is InChI=1S/C19H23FN2OS/c1-12-13(2)22(17-6-4-5-7-17)19(21-12)24-14(3)18(23)15-8-10-16(20)11-9-15/h8-11,14,17H,4-7H2,1-3H3/t14-/m1/s1. The second kappa shape index (κ2) is 7.09. The third kappa shape index (κ3) is 3.41. The van der Waals surface area contributed by atoms with E-state index >= 15 is 0 Å². The van der Waals surface area contributed by atoms with Gasteiger partial charge in [-0.3, -0.25) is 4.79 Å². The van der Waals surface area contributed by atoms with Gasteiger partial charge in [-0.2, -0.15) is 0 Å². The van der Waals surface area contributed by atoms with Crippen LogP contribution in [-0.2, 0) is 0 Å². The second-order valence-corrected chi connectivity index (χ2v) is 7.81. The number of aromatic nitrogens is 2. The first kappa shape index (κ1) is 17.2. The molecule has 0 bridgehead atoms. The highest BCUT2D eigenvalue weighted by atomic mass is 32.2. The van der Waals surface area contributed by atoms with Crippen LogP contribution in [0.15, 0.2) is 29.4 Å². The molecule has 0 unspecified atom stereocenters. The number of halogens is 1. The summed E-state index contributed by atoms with van der Waals surface area (Å²) in [5.41, 5.74) is 2.78. The Balaban J connectivity index is 1.81. The molecule has 1 saturated carbocycles. The zero-order chi connectivity index (χ0) is 17.3. The van der Waals surface area contributed by atoms with Gasteiger partial charge in [0.2, 0.25) is 0 Å². The number of carbonyl (C=O) groups is 1. The molecule has 1 aliphatic rings. The molecule has 0 amide bonds. The average Bonchev–Trinajstić information content (AvgIpc) is 3.16. The van der Waals surface area contributed by atoms with E-state index in [1.807, 2.05) is 13.8 Å². The van der Waals surface area contributed by atoms with Crippen molar-refractivity contribution in [2.75, 3.05) is 0 Å². The lowest BCUT2D eigenvalue weighted by molar-refractivity contribution is 0.0993. The molecule has 1 atom stereocenters. The van der Waals surface area contributed by atoms with Crippen molar-refractivity contribution >= 4 is 17.5 Å². The summed E-state index contributed by atoms with van der Waals surface area (Å²) < 4.78 is 15.4. The monoisotopic (exact) mass is 346 g/mol. The summed E-state index contributed by atoms with van der Waals surface area (Å²) in [5, 5.41) is 0.677. The van der Waals surface area contributed by atoms with Gasteiger partial charge in [-0.25, -0.2) is 9.37 Å². The predicted molar refractivity (Wildman–Crippen MR) is 95.3 cm³/mol. The highest BCUT2D eigenvalue weighted by Crippen LogP contribution is 2.36. The molecule has 24 heavy (non-hydrogen) atoms. The van der Waals surface area contributed by atoms with Crippen molar-refractivity contribution in [3.8, 4) is 0 Å². The maximum atomic E-state index is 13.0. The van der Waals surface area contributed by atoms with Crippen molar-refractivity contribution < 1.29 is 9.18 Å². The molecule has 0 aliphatic heterocycles. The summed E-state index contributed by atoms with van der Waals surface area (Å²) in [7, 11) is 0. The Kier molecular flexibility index (Phi) is 5.09. The van der Waals surface area contributed by atoms with E-state index in [1.165, 1.54) is 55.3 Å². The Hall–Kier alpha value is -1.62. The van der Waals surface area contributed by atoms with E-state index in [1.54, 1.807) is 12.1 Å². The van der Waals surface area contributed by atoms with Crippen LogP contribution in [0.1, 0.15) is 60.4 Å². The fraction of sp³-hybridized carbons (Fsp3) is 0.474. The van der Waals surface area contributed by atoms with Crippen LogP contribution >= 0.6 is 11.8 Å². The first-order valence-electron chi connectivity index (χ1n) is 8.49. The summed E-state index contributed by atoms with van der Waals surface area (Å²) in [6, 6.07) is 6.27. The van der Waals surface area contributed by atoms with Crippen molar-refractivity contribution in [1.29, 1.82) is 0 Å². The number of benzene rings is 1. The van der Waals surface area contributed by atoms with Gasteiger partial charge in [0.1, 0.15) is 5.82 Å². The van der Waals surface area contributed by atoms with E-state index < -0.39 is 0 Å². The van der Waals surface area contributed by atoms with Gasteiger partial charge in [0, 0.05) is 17.3 Å². The van der Waals surface area contributed by atoms with E-state index in [-0.39, 0.29) is 16.9 Å². The van der Waals surface area contributed by atoms with Crippen LogP contribution in [0.3, 0.4) is 0 Å². The number of hydrogen-bond acceptors (Lipinski definition) is 3. The molecule has 1 aliphatic carbocycles. The molecule has 3 nitrogen and oxygen atoms in total. The normalized spacial score (nSPS) is 16.5. The fourth-order valence-electron chi connectivity index (χ4n) is 3.33. The number of hydrogen-bond donors (Lipinski definition) is 0. The molecule has 1 aromatic heterocycles. The second-order valence-electron chi connectivity index (χ2n) is 6.50. The molecule has 0 radical (unpaired) electrons. The first-order chi connectivity index (χ1) is 11.5. The lowest BCUT2D eigenvalue weighted by atomic mass is 10.1. The Labute approximate surface area is 146 Å². The third-order valence-electron chi connectivity index (χ3n) is 4.82. The highest BCUT2D eigenvalue weighted by Gasteiger charge is 2.26. The predicted octanol–water partition coefficient (Wildman–Crippen LogP) is 5.12. The van der Waals surface area contributed by atoms with Crippen LogP contribution in [0.4, 0.5) is 4.39 Å². The summed E-state index contributed by atoms with van der Waals surface area (Å²) in [6.45, 7) is 6.03. The molecular weight excluding hydrogens is 323 g/mol. The first-order valence-corrected chi connectivity index (χ1v) is 9.37. The van der Waals surface area contributed by atoms with Crippen molar-refractivity contribution in [3.05, 3.63) is 47.0 Å². The molecule has 0 spiro atoms. The van der Waals surface area contributed by atoms with Gasteiger partial charge in [0.15, 0.2) is 10.9 Å². The van der Waals surface area contributed by atoms with Crippen molar-refractivity contribution in [2.24, 2.45) is 0 Å². The Morgan fingerprint density at radius 1 is 1.25 bits per heavy atom. The number of imidazole rings is 1. The Morgan fingerprint density at radius 2 is 1.88 bits per heavy atom. The number of rotatable bonds is 5. The largest absolute Gasteiger partial charge is 0.320 e. The van der Waals surface area contributed by atoms with Gasteiger partial charge in [-0.05, 0) is 57.9 Å². The zero-order valence-corrected chi connectivity index (χ0v) is 15.2. The van der Waals surface area contributed by atoms with Gasteiger partial charge in [0.05, 0.1) is 10.9 Å². The molecule has 0 N–H and O–H groups in total. The maximum absolute atomic E-state index is 13.0. The van der Waals surface area contributed by atoms with Crippen molar-refractivity contribution in [1.82, 2.24) is 9.55 Å². The summed E-state index contributed by atoms with van der Waals surface area (Å²) >= 11 is 1.51. The van der Waals surface area contributed by atoms with Gasteiger partial charge in [-0.15, -0.1) is 0 Å². The van der Waals surface area contributed by atoms with Crippen LogP contribution in [-0.4, -0.2) is 20.6 Å². The Bertz CT molecular complexity index is 733. The molecule has 1 fully saturated rings. The van der Waals surface area contributed by atoms with Crippen LogP contribution in [0.25, 0.3) is 0 Å². The van der Waals surface area contributed by atoms with E-state index in [4.69, 9.17) is 4.98 Å². The molecule has 5 heteroatoms. The lowest BCUT2D eigenvalue weighted by Gasteiger charge is -2.18. The minimum atomic E-state index is -0.324. The van der Waals surface area contributed by atoms with Crippen molar-refractivity contribution in [2.45, 2.75) is 62.9 Å². The van der Waals surface area contributed by atoms with Crippen LogP contribution in [0, 0.1) is 19.7 Å². The molecule has 3 rings (SSSR count). The molecule has 0 saturated heterocycles. The van der Waals surface area contributed by atoms with E-state index in [0.29, 0.717) is 11.6 Å². The molecule has 1 heterocycles. The summed E-state index contributed by atoms with van der Waals surface area (Å²) in [5.74, 6) is -0.314. The minimum absolute atomic E-state index is 0.0104. The Morgan fingerprint density at radius 3 is 2.50 bits per heavy atom. The van der Waals surface area contributed by atoms with Crippen LogP contribution in [0.5, 0.6) is 0 Å². The smallest absolute Gasteiger partial charge is 0.175 e.